The van der Waals surface area contributed by atoms with E-state index in [0.29, 0.717) is 29.7 Å². The van der Waals surface area contributed by atoms with Gasteiger partial charge in [0, 0.05) is 5.02 Å². The fourth-order valence-electron chi connectivity index (χ4n) is 3.53. The first-order chi connectivity index (χ1) is 17.0. The maximum atomic E-state index is 12.4. The van der Waals surface area contributed by atoms with Gasteiger partial charge in [0.2, 0.25) is 0 Å². The van der Waals surface area contributed by atoms with E-state index in [-0.39, 0.29) is 10.6 Å². The fourth-order valence-corrected chi connectivity index (χ4v) is 4.81. The fraction of sp³-hybridized carbons (Fsp3) is 0.111. The number of amides is 1. The molecule has 8 heteroatoms. The Bertz CT molecular complexity index is 1400. The average molecular weight is 619 g/mol. The minimum Gasteiger partial charge on any atom is -0.490 e. The highest BCUT2D eigenvalue weighted by atomic mass is 127. The average Bonchev–Trinajstić information content (AvgIpc) is 2.83. The van der Waals surface area contributed by atoms with Crippen molar-refractivity contribution in [2.45, 2.75) is 13.5 Å². The number of benzene rings is 4. The summed E-state index contributed by atoms with van der Waals surface area (Å²) in [4.78, 5) is 12.4. The van der Waals surface area contributed by atoms with Crippen molar-refractivity contribution < 1.29 is 14.3 Å². The van der Waals surface area contributed by atoms with Crippen LogP contribution in [-0.4, -0.2) is 18.7 Å². The van der Waals surface area contributed by atoms with Gasteiger partial charge in [-0.25, -0.2) is 5.43 Å². The Morgan fingerprint density at radius 3 is 2.63 bits per heavy atom. The molecule has 0 fully saturated rings. The van der Waals surface area contributed by atoms with Gasteiger partial charge in [-0.3, -0.25) is 4.79 Å². The molecule has 0 aromatic heterocycles. The van der Waals surface area contributed by atoms with Crippen LogP contribution >= 0.6 is 45.8 Å². The van der Waals surface area contributed by atoms with Crippen LogP contribution in [0.2, 0.25) is 10.0 Å². The van der Waals surface area contributed by atoms with Gasteiger partial charge in [0.1, 0.15) is 6.61 Å². The van der Waals surface area contributed by atoms with Gasteiger partial charge in [-0.2, -0.15) is 5.10 Å². The maximum Gasteiger partial charge on any atom is 0.272 e. The molecule has 0 atom stereocenters. The van der Waals surface area contributed by atoms with E-state index in [1.54, 1.807) is 18.3 Å². The van der Waals surface area contributed by atoms with Crippen LogP contribution in [0.25, 0.3) is 10.8 Å². The highest BCUT2D eigenvalue weighted by Gasteiger charge is 2.14. The molecule has 1 N–H and O–H groups in total. The molecule has 178 valence electrons. The second-order valence-corrected chi connectivity index (χ2v) is 9.52. The quantitative estimate of drug-likeness (QED) is 0.126. The van der Waals surface area contributed by atoms with Crippen LogP contribution < -0.4 is 14.9 Å². The molecular weight excluding hydrogens is 598 g/mol. The van der Waals surface area contributed by atoms with E-state index in [0.717, 1.165) is 20.1 Å². The number of hydrazone groups is 1. The summed E-state index contributed by atoms with van der Waals surface area (Å²) in [6.07, 6.45) is 1.54. The lowest BCUT2D eigenvalue weighted by molar-refractivity contribution is 0.0955. The highest BCUT2D eigenvalue weighted by molar-refractivity contribution is 14.1. The van der Waals surface area contributed by atoms with Crippen molar-refractivity contribution in [3.8, 4) is 11.5 Å². The third kappa shape index (κ3) is 6.25. The predicted octanol–water partition coefficient (Wildman–Crippen LogP) is 7.49. The summed E-state index contributed by atoms with van der Waals surface area (Å²) in [5.41, 5.74) is 4.61. The lowest BCUT2D eigenvalue weighted by Gasteiger charge is -2.15. The van der Waals surface area contributed by atoms with Crippen molar-refractivity contribution in [1.82, 2.24) is 5.43 Å². The summed E-state index contributed by atoms with van der Waals surface area (Å²) in [6.45, 7) is 2.80. The molecule has 0 saturated heterocycles. The van der Waals surface area contributed by atoms with Gasteiger partial charge in [0.15, 0.2) is 11.5 Å². The van der Waals surface area contributed by atoms with Crippen molar-refractivity contribution in [2.24, 2.45) is 5.10 Å². The maximum absolute atomic E-state index is 12.4. The zero-order valence-electron chi connectivity index (χ0n) is 18.7. The number of nitrogens with zero attached hydrogens (tertiary/aromatic N) is 1. The van der Waals surface area contributed by atoms with E-state index in [1.807, 2.05) is 37.3 Å². The number of carbonyl (C=O) groups excluding carboxylic acids is 1. The van der Waals surface area contributed by atoms with Gasteiger partial charge in [-0.15, -0.1) is 0 Å². The number of ether oxygens (including phenoxy) is 2. The molecule has 0 heterocycles. The summed E-state index contributed by atoms with van der Waals surface area (Å²) in [6, 6.07) is 22.8. The molecule has 0 bridgehead atoms. The minimum atomic E-state index is -0.433. The van der Waals surface area contributed by atoms with E-state index in [1.165, 1.54) is 11.5 Å². The van der Waals surface area contributed by atoms with Crippen LogP contribution in [0.5, 0.6) is 11.5 Å². The number of hydrogen-bond acceptors (Lipinski definition) is 4. The molecule has 4 aromatic carbocycles. The molecule has 0 aliphatic carbocycles. The largest absolute Gasteiger partial charge is 0.490 e. The first-order valence-electron chi connectivity index (χ1n) is 10.8. The van der Waals surface area contributed by atoms with Crippen molar-refractivity contribution >= 4 is 68.7 Å². The Kier molecular flexibility index (Phi) is 8.49. The van der Waals surface area contributed by atoms with E-state index in [9.17, 15) is 4.79 Å². The zero-order chi connectivity index (χ0) is 24.8. The summed E-state index contributed by atoms with van der Waals surface area (Å²) in [5.74, 6) is 0.834. The molecule has 0 spiro atoms. The normalized spacial score (nSPS) is 11.1. The number of nitrogens with one attached hydrogen (secondary N) is 1. The van der Waals surface area contributed by atoms with Gasteiger partial charge in [-0.1, -0.05) is 65.7 Å². The topological polar surface area (TPSA) is 59.9 Å². The summed E-state index contributed by atoms with van der Waals surface area (Å²) in [7, 11) is 0. The summed E-state index contributed by atoms with van der Waals surface area (Å²) < 4.78 is 12.9. The lowest BCUT2D eigenvalue weighted by Crippen LogP contribution is -2.18. The Morgan fingerprint density at radius 1 is 1.03 bits per heavy atom. The SMILES string of the molecule is CCOc1cc(/C=N\NC(=O)c2ccc(Cl)cc2Cl)cc(I)c1OCc1cccc2ccccc12. The Hall–Kier alpha value is -2.81. The Balaban J connectivity index is 1.51. The van der Waals surface area contributed by atoms with Crippen molar-refractivity contribution in [3.63, 3.8) is 0 Å². The van der Waals surface area contributed by atoms with Crippen LogP contribution in [0.4, 0.5) is 0 Å². The zero-order valence-corrected chi connectivity index (χ0v) is 22.4. The number of fused-ring (bicyclic) bond motifs is 1. The van der Waals surface area contributed by atoms with E-state index in [2.05, 4.69) is 57.4 Å². The number of carbonyl (C=O) groups is 1. The molecule has 0 saturated carbocycles. The minimum absolute atomic E-state index is 0.256. The highest BCUT2D eigenvalue weighted by Crippen LogP contribution is 2.35. The van der Waals surface area contributed by atoms with Gasteiger partial charge < -0.3 is 9.47 Å². The van der Waals surface area contributed by atoms with E-state index in [4.69, 9.17) is 32.7 Å². The van der Waals surface area contributed by atoms with Crippen LogP contribution in [0.15, 0.2) is 77.9 Å². The second-order valence-electron chi connectivity index (χ2n) is 7.51. The van der Waals surface area contributed by atoms with Crippen molar-refractivity contribution in [1.29, 1.82) is 0 Å². The van der Waals surface area contributed by atoms with Crippen LogP contribution in [-0.2, 0) is 6.61 Å². The molecular formula is C27H21Cl2IN2O3. The number of halogens is 3. The standard InChI is InChI=1S/C27H21Cl2IN2O3/c1-2-34-25-13-17(15-31-32-27(33)22-11-10-20(28)14-23(22)29)12-24(30)26(25)35-16-19-8-5-7-18-6-3-4-9-21(18)19/h3-15H,2,16H2,1H3,(H,32,33)/b31-15-. The molecule has 0 aliphatic rings. The van der Waals surface area contributed by atoms with E-state index < -0.39 is 5.91 Å². The van der Waals surface area contributed by atoms with Crippen molar-refractivity contribution in [2.75, 3.05) is 6.61 Å². The van der Waals surface area contributed by atoms with Crippen LogP contribution in [0.3, 0.4) is 0 Å². The first kappa shape index (κ1) is 25.3. The molecule has 0 unspecified atom stereocenters. The first-order valence-corrected chi connectivity index (χ1v) is 12.6. The third-order valence-corrected chi connectivity index (χ3v) is 6.49. The smallest absolute Gasteiger partial charge is 0.272 e. The van der Waals surface area contributed by atoms with Crippen molar-refractivity contribution in [3.05, 3.63) is 103 Å². The number of hydrogen-bond donors (Lipinski definition) is 1. The number of rotatable bonds is 8. The monoisotopic (exact) mass is 618 g/mol. The summed E-state index contributed by atoms with van der Waals surface area (Å²) in [5, 5.41) is 7.10. The molecule has 4 rings (SSSR count). The molecule has 0 radical (unpaired) electrons. The second kappa shape index (κ2) is 11.7. The van der Waals surface area contributed by atoms with Gasteiger partial charge in [0.25, 0.3) is 5.91 Å². The van der Waals surface area contributed by atoms with Crippen LogP contribution in [0.1, 0.15) is 28.4 Å². The van der Waals surface area contributed by atoms with Gasteiger partial charge in [0.05, 0.1) is 27.0 Å². The third-order valence-electron chi connectivity index (χ3n) is 5.14. The molecule has 4 aromatic rings. The molecule has 35 heavy (non-hydrogen) atoms. The molecule has 5 nitrogen and oxygen atoms in total. The lowest BCUT2D eigenvalue weighted by atomic mass is 10.1. The molecule has 0 aliphatic heterocycles. The Morgan fingerprint density at radius 2 is 1.83 bits per heavy atom. The predicted molar refractivity (Wildman–Crippen MR) is 150 cm³/mol. The van der Waals surface area contributed by atoms with Gasteiger partial charge in [-0.05, 0) is 81.7 Å². The van der Waals surface area contributed by atoms with E-state index >= 15 is 0 Å². The summed E-state index contributed by atoms with van der Waals surface area (Å²) >= 11 is 14.2. The van der Waals surface area contributed by atoms with Gasteiger partial charge >= 0.3 is 0 Å². The molecule has 1 amide bonds. The van der Waals surface area contributed by atoms with Crippen LogP contribution in [0, 0.1) is 3.57 Å². The Labute approximate surface area is 227 Å².